The maximum absolute atomic E-state index is 10.9. The molecule has 0 aromatic heterocycles. The third kappa shape index (κ3) is 2.73. The highest BCUT2D eigenvalue weighted by Crippen LogP contribution is 2.31. The average Bonchev–Trinajstić information content (AvgIpc) is 2.13. The zero-order valence-corrected chi connectivity index (χ0v) is 9.97. The van der Waals surface area contributed by atoms with Crippen LogP contribution in [0.5, 0.6) is 0 Å². The highest BCUT2D eigenvalue weighted by molar-refractivity contribution is 7.86. The Bertz CT molecular complexity index is 720. The molecule has 0 aliphatic carbocycles. The Morgan fingerprint density at radius 3 is 1.94 bits per heavy atom. The summed E-state index contributed by atoms with van der Waals surface area (Å²) < 4.78 is 60.9. The summed E-state index contributed by atoms with van der Waals surface area (Å²) >= 11 is 0. The third-order valence-corrected chi connectivity index (χ3v) is 3.59. The standard InChI is InChI=1S/C6H6N2O8S2/c7-6-4(8(9)10)1-3(17(11,12)13)2-5(6)18(14,15)16/h1-2H,7H2,(H,11,12,13)(H,14,15,16). The molecule has 100 valence electrons. The predicted molar refractivity (Wildman–Crippen MR) is 57.1 cm³/mol. The van der Waals surface area contributed by atoms with Crippen molar-refractivity contribution in [2.75, 3.05) is 5.73 Å². The molecule has 0 aliphatic rings. The van der Waals surface area contributed by atoms with Gasteiger partial charge in [0.15, 0.2) is 0 Å². The van der Waals surface area contributed by atoms with Crippen LogP contribution in [0.25, 0.3) is 0 Å². The smallest absolute Gasteiger partial charge is 0.296 e. The maximum atomic E-state index is 10.9. The topological polar surface area (TPSA) is 178 Å². The average molecular weight is 298 g/mol. The summed E-state index contributed by atoms with van der Waals surface area (Å²) in [5.41, 5.74) is 3.12. The minimum absolute atomic E-state index is 0.312. The Morgan fingerprint density at radius 1 is 1.11 bits per heavy atom. The lowest BCUT2D eigenvalue weighted by Gasteiger charge is -2.05. The Hall–Kier alpha value is -1.76. The van der Waals surface area contributed by atoms with Gasteiger partial charge in [0.1, 0.15) is 15.5 Å². The fraction of sp³-hybridized carbons (Fsp3) is 0. The summed E-state index contributed by atoms with van der Waals surface area (Å²) in [5, 5.41) is 10.6. The monoisotopic (exact) mass is 298 g/mol. The molecule has 0 bridgehead atoms. The normalized spacial score (nSPS) is 12.3. The van der Waals surface area contributed by atoms with E-state index >= 15 is 0 Å². The molecular weight excluding hydrogens is 292 g/mol. The molecule has 0 unspecified atom stereocenters. The van der Waals surface area contributed by atoms with Crippen molar-refractivity contribution in [2.24, 2.45) is 0 Å². The lowest BCUT2D eigenvalue weighted by molar-refractivity contribution is -0.384. The maximum Gasteiger partial charge on any atom is 0.296 e. The third-order valence-electron chi connectivity index (χ3n) is 1.87. The molecule has 12 heteroatoms. The van der Waals surface area contributed by atoms with Gasteiger partial charge in [-0.25, -0.2) is 0 Å². The number of rotatable bonds is 3. The first kappa shape index (κ1) is 14.3. The van der Waals surface area contributed by atoms with Crippen molar-refractivity contribution < 1.29 is 30.9 Å². The molecule has 0 atom stereocenters. The van der Waals surface area contributed by atoms with Gasteiger partial charge in [0.25, 0.3) is 25.9 Å². The first-order valence-corrected chi connectivity index (χ1v) is 6.85. The Kier molecular flexibility index (Phi) is 3.31. The number of anilines is 1. The van der Waals surface area contributed by atoms with Gasteiger partial charge >= 0.3 is 0 Å². The van der Waals surface area contributed by atoms with Crippen molar-refractivity contribution in [1.29, 1.82) is 0 Å². The van der Waals surface area contributed by atoms with E-state index in [9.17, 15) is 26.9 Å². The van der Waals surface area contributed by atoms with Gasteiger partial charge in [-0.1, -0.05) is 0 Å². The molecule has 0 spiro atoms. The van der Waals surface area contributed by atoms with Crippen molar-refractivity contribution in [3.8, 4) is 0 Å². The number of hydrogen-bond acceptors (Lipinski definition) is 7. The molecule has 0 fully saturated rings. The minimum atomic E-state index is -4.98. The molecule has 0 saturated carbocycles. The van der Waals surface area contributed by atoms with Crippen LogP contribution in [0.15, 0.2) is 21.9 Å². The van der Waals surface area contributed by atoms with Crippen molar-refractivity contribution >= 4 is 31.6 Å². The van der Waals surface area contributed by atoms with Crippen LogP contribution in [0.3, 0.4) is 0 Å². The first-order valence-electron chi connectivity index (χ1n) is 3.97. The molecule has 0 aliphatic heterocycles. The zero-order valence-electron chi connectivity index (χ0n) is 8.34. The van der Waals surface area contributed by atoms with Crippen LogP contribution in [0.2, 0.25) is 0 Å². The molecule has 0 saturated heterocycles. The van der Waals surface area contributed by atoms with Crippen LogP contribution >= 0.6 is 0 Å². The van der Waals surface area contributed by atoms with E-state index in [1.165, 1.54) is 0 Å². The summed E-state index contributed by atoms with van der Waals surface area (Å²) in [6, 6.07) is 0.687. The molecule has 0 amide bonds. The van der Waals surface area contributed by atoms with E-state index in [0.717, 1.165) is 0 Å². The molecule has 1 rings (SSSR count). The van der Waals surface area contributed by atoms with Crippen LogP contribution < -0.4 is 5.73 Å². The summed E-state index contributed by atoms with van der Waals surface area (Å²) in [5.74, 6) is 0. The van der Waals surface area contributed by atoms with E-state index in [4.69, 9.17) is 14.8 Å². The van der Waals surface area contributed by atoms with Crippen LogP contribution in [-0.4, -0.2) is 30.9 Å². The van der Waals surface area contributed by atoms with E-state index < -0.39 is 46.3 Å². The van der Waals surface area contributed by atoms with Crippen LogP contribution in [-0.2, 0) is 20.2 Å². The molecule has 0 radical (unpaired) electrons. The van der Waals surface area contributed by atoms with E-state index in [0.29, 0.717) is 12.1 Å². The van der Waals surface area contributed by atoms with Gasteiger partial charge in [-0.05, 0) is 6.07 Å². The van der Waals surface area contributed by atoms with Crippen molar-refractivity contribution in [1.82, 2.24) is 0 Å². The van der Waals surface area contributed by atoms with Gasteiger partial charge in [-0.3, -0.25) is 19.2 Å². The van der Waals surface area contributed by atoms with Gasteiger partial charge in [0.2, 0.25) is 0 Å². The summed E-state index contributed by atoms with van der Waals surface area (Å²) in [6.07, 6.45) is 0. The van der Waals surface area contributed by atoms with Crippen LogP contribution in [0, 0.1) is 10.1 Å². The minimum Gasteiger partial charge on any atom is -0.392 e. The Labute approximate surface area is 101 Å². The summed E-state index contributed by atoms with van der Waals surface area (Å²) in [7, 11) is -9.87. The molecule has 10 nitrogen and oxygen atoms in total. The van der Waals surface area contributed by atoms with Gasteiger partial charge in [0.05, 0.1) is 4.92 Å². The fourth-order valence-electron chi connectivity index (χ4n) is 1.10. The fourth-order valence-corrected chi connectivity index (χ4v) is 2.36. The molecule has 18 heavy (non-hydrogen) atoms. The second-order valence-electron chi connectivity index (χ2n) is 3.06. The second kappa shape index (κ2) is 4.16. The number of nitrogens with two attached hydrogens (primary N) is 1. The van der Waals surface area contributed by atoms with E-state index in [1.54, 1.807) is 0 Å². The highest BCUT2D eigenvalue weighted by atomic mass is 32.2. The summed E-state index contributed by atoms with van der Waals surface area (Å²) in [4.78, 5) is 7.15. The number of nitrogen functional groups attached to an aromatic ring is 1. The predicted octanol–water partition coefficient (Wildman–Crippen LogP) is -0.330. The largest absolute Gasteiger partial charge is 0.392 e. The SMILES string of the molecule is Nc1c([N+](=O)[O-])cc(S(=O)(=O)O)cc1S(=O)(=O)O. The van der Waals surface area contributed by atoms with E-state index in [2.05, 4.69) is 0 Å². The van der Waals surface area contributed by atoms with E-state index in [-0.39, 0.29) is 0 Å². The van der Waals surface area contributed by atoms with E-state index in [1.807, 2.05) is 0 Å². The van der Waals surface area contributed by atoms with Gasteiger partial charge in [0, 0.05) is 6.07 Å². The highest BCUT2D eigenvalue weighted by Gasteiger charge is 2.27. The first-order chi connectivity index (χ1) is 7.94. The summed E-state index contributed by atoms with van der Waals surface area (Å²) in [6.45, 7) is 0. The van der Waals surface area contributed by atoms with Crippen molar-refractivity contribution in [2.45, 2.75) is 9.79 Å². The number of nitro groups is 1. The molecule has 0 heterocycles. The van der Waals surface area contributed by atoms with Crippen LogP contribution in [0.4, 0.5) is 11.4 Å². The molecule has 1 aromatic carbocycles. The lowest BCUT2D eigenvalue weighted by Crippen LogP contribution is -2.09. The quantitative estimate of drug-likeness (QED) is 0.291. The molecule has 1 aromatic rings. The lowest BCUT2D eigenvalue weighted by atomic mass is 10.3. The Morgan fingerprint density at radius 2 is 1.61 bits per heavy atom. The number of benzene rings is 1. The van der Waals surface area contributed by atoms with Crippen LogP contribution in [0.1, 0.15) is 0 Å². The molecular formula is C6H6N2O8S2. The van der Waals surface area contributed by atoms with Gasteiger partial charge in [-0.2, -0.15) is 16.8 Å². The number of nitro benzene ring substituents is 1. The number of hydrogen-bond donors (Lipinski definition) is 3. The van der Waals surface area contributed by atoms with Gasteiger partial charge < -0.3 is 5.73 Å². The van der Waals surface area contributed by atoms with Crippen molar-refractivity contribution in [3.63, 3.8) is 0 Å². The Balaban J connectivity index is 3.86. The second-order valence-corrected chi connectivity index (χ2v) is 5.87. The molecule has 4 N–H and O–H groups in total. The number of nitrogens with zero attached hydrogens (tertiary/aromatic N) is 1. The zero-order chi connectivity index (χ0) is 14.3. The van der Waals surface area contributed by atoms with Crippen molar-refractivity contribution in [3.05, 3.63) is 22.2 Å². The van der Waals surface area contributed by atoms with Gasteiger partial charge in [-0.15, -0.1) is 0 Å².